The Bertz CT molecular complexity index is 211. The van der Waals surface area contributed by atoms with Gasteiger partial charge in [-0.25, -0.2) is 0 Å². The molecule has 0 aromatic rings. The second kappa shape index (κ2) is 1.05. The molecule has 0 aromatic heterocycles. The first-order chi connectivity index (χ1) is 3.88. The fraction of sp³-hybridized carbons (Fsp3) is 0.143. The lowest BCUT2D eigenvalue weighted by Crippen LogP contribution is -1.93. The molecule has 0 amide bonds. The number of hydrogen-bond donors (Lipinski definition) is 1. The lowest BCUT2D eigenvalue weighted by Gasteiger charge is -1.87. The van der Waals surface area contributed by atoms with Gasteiger partial charge in [0.15, 0.2) is 0 Å². The van der Waals surface area contributed by atoms with Crippen molar-refractivity contribution in [3.05, 3.63) is 35.1 Å². The fourth-order valence-electron chi connectivity index (χ4n) is 0.678. The third-order valence-electron chi connectivity index (χ3n) is 1.40. The fourth-order valence-corrected chi connectivity index (χ4v) is 0.678. The van der Waals surface area contributed by atoms with E-state index >= 15 is 0 Å². The molecule has 2 N–H and O–H groups in total. The first kappa shape index (κ1) is 3.96. The average molecular weight is 105 g/mol. The highest BCUT2D eigenvalue weighted by Gasteiger charge is 2.15. The molecule has 0 atom stereocenters. The van der Waals surface area contributed by atoms with E-state index in [4.69, 9.17) is 5.73 Å². The van der Waals surface area contributed by atoms with Crippen molar-refractivity contribution in [2.24, 2.45) is 5.73 Å². The van der Waals surface area contributed by atoms with E-state index in [2.05, 4.69) is 6.08 Å². The Hall–Kier alpha value is -0.980. The molecule has 40 valence electrons. The molecule has 0 saturated heterocycles. The van der Waals surface area contributed by atoms with Crippen LogP contribution in [0.4, 0.5) is 0 Å². The van der Waals surface area contributed by atoms with E-state index in [1.807, 2.05) is 12.2 Å². The third-order valence-corrected chi connectivity index (χ3v) is 1.40. The summed E-state index contributed by atoms with van der Waals surface area (Å²) in [5.74, 6) is 0. The predicted octanol–water partition coefficient (Wildman–Crippen LogP) is 1.10. The van der Waals surface area contributed by atoms with E-state index in [-0.39, 0.29) is 0 Å². The highest BCUT2D eigenvalue weighted by molar-refractivity contribution is 5.58. The first-order valence-electron chi connectivity index (χ1n) is 2.75. The zero-order valence-corrected chi connectivity index (χ0v) is 4.52. The molecule has 0 aliphatic heterocycles. The van der Waals surface area contributed by atoms with Gasteiger partial charge in [-0.1, -0.05) is 18.2 Å². The Labute approximate surface area is 48.2 Å². The van der Waals surface area contributed by atoms with Gasteiger partial charge < -0.3 is 5.73 Å². The number of nitrogens with two attached hydrogens (primary N) is 1. The summed E-state index contributed by atoms with van der Waals surface area (Å²) in [5.41, 5.74) is 9.18. The molecule has 0 saturated carbocycles. The van der Waals surface area contributed by atoms with Crippen LogP contribution in [0.15, 0.2) is 35.1 Å². The smallest absolute Gasteiger partial charge is 0.0420 e. The van der Waals surface area contributed by atoms with Crippen molar-refractivity contribution in [3.8, 4) is 0 Å². The van der Waals surface area contributed by atoms with Crippen LogP contribution in [0, 0.1) is 0 Å². The topological polar surface area (TPSA) is 26.0 Å². The Kier molecular flexibility index (Phi) is 0.519. The van der Waals surface area contributed by atoms with Crippen molar-refractivity contribution in [2.75, 3.05) is 0 Å². The lowest BCUT2D eigenvalue weighted by molar-refractivity contribution is 1.33. The van der Waals surface area contributed by atoms with Crippen molar-refractivity contribution < 1.29 is 0 Å². The molecule has 1 heteroatoms. The van der Waals surface area contributed by atoms with Crippen LogP contribution in [0.2, 0.25) is 0 Å². The minimum absolute atomic E-state index is 0.991. The van der Waals surface area contributed by atoms with Crippen LogP contribution in [0.3, 0.4) is 0 Å². The van der Waals surface area contributed by atoms with Crippen LogP contribution in [-0.4, -0.2) is 0 Å². The van der Waals surface area contributed by atoms with Crippen LogP contribution >= 0.6 is 0 Å². The molecule has 0 aromatic carbocycles. The Morgan fingerprint density at radius 3 is 2.50 bits per heavy atom. The summed E-state index contributed by atoms with van der Waals surface area (Å²) >= 11 is 0. The van der Waals surface area contributed by atoms with Crippen molar-refractivity contribution in [2.45, 2.75) is 6.42 Å². The molecule has 2 aliphatic carbocycles. The van der Waals surface area contributed by atoms with E-state index in [0.29, 0.717) is 0 Å². The highest BCUT2D eigenvalue weighted by atomic mass is 14.6. The summed E-state index contributed by atoms with van der Waals surface area (Å²) in [7, 11) is 0. The van der Waals surface area contributed by atoms with Gasteiger partial charge >= 0.3 is 0 Å². The molecule has 1 nitrogen and oxygen atoms in total. The molecular weight excluding hydrogens is 98.1 g/mol. The second-order valence-corrected chi connectivity index (χ2v) is 2.14. The molecule has 0 heterocycles. The standard InChI is InChI=1S/C7H7N/c8-7(5-1-2-5)6-3-4-6/h1-3H,4,8H2. The van der Waals surface area contributed by atoms with E-state index in [1.165, 1.54) is 11.1 Å². The van der Waals surface area contributed by atoms with Gasteiger partial charge in [0.05, 0.1) is 0 Å². The summed E-state index contributed by atoms with van der Waals surface area (Å²) in [4.78, 5) is 0. The van der Waals surface area contributed by atoms with Crippen LogP contribution in [0.1, 0.15) is 6.42 Å². The van der Waals surface area contributed by atoms with Gasteiger partial charge in [-0.05, 0) is 17.6 Å². The quantitative estimate of drug-likeness (QED) is 0.531. The van der Waals surface area contributed by atoms with Crippen molar-refractivity contribution in [1.29, 1.82) is 0 Å². The van der Waals surface area contributed by atoms with Gasteiger partial charge in [-0.2, -0.15) is 0 Å². The maximum absolute atomic E-state index is 5.63. The molecule has 0 spiro atoms. The highest BCUT2D eigenvalue weighted by Crippen LogP contribution is 2.30. The Balaban J connectivity index is 2.25. The second-order valence-electron chi connectivity index (χ2n) is 2.14. The van der Waals surface area contributed by atoms with Gasteiger partial charge in [0, 0.05) is 5.70 Å². The summed E-state index contributed by atoms with van der Waals surface area (Å²) in [6.45, 7) is 0. The summed E-state index contributed by atoms with van der Waals surface area (Å²) < 4.78 is 0. The predicted molar refractivity (Wildman–Crippen MR) is 33.1 cm³/mol. The van der Waals surface area contributed by atoms with Crippen molar-refractivity contribution >= 4 is 0 Å². The monoisotopic (exact) mass is 105 g/mol. The van der Waals surface area contributed by atoms with Crippen molar-refractivity contribution in [3.63, 3.8) is 0 Å². The van der Waals surface area contributed by atoms with Crippen LogP contribution < -0.4 is 5.73 Å². The molecule has 0 fully saturated rings. The zero-order chi connectivity index (χ0) is 5.56. The van der Waals surface area contributed by atoms with Crippen LogP contribution in [0.5, 0.6) is 0 Å². The van der Waals surface area contributed by atoms with Gasteiger partial charge in [0.2, 0.25) is 0 Å². The zero-order valence-electron chi connectivity index (χ0n) is 4.52. The maximum atomic E-state index is 5.63. The van der Waals surface area contributed by atoms with Crippen LogP contribution in [-0.2, 0) is 0 Å². The lowest BCUT2D eigenvalue weighted by atomic mass is 10.3. The molecule has 2 rings (SSSR count). The third kappa shape index (κ3) is 0.479. The van der Waals surface area contributed by atoms with E-state index < -0.39 is 0 Å². The number of allylic oxidation sites excluding steroid dienone is 5. The summed E-state index contributed by atoms with van der Waals surface area (Å²) in [6, 6.07) is 0. The van der Waals surface area contributed by atoms with E-state index in [0.717, 1.165) is 12.1 Å². The first-order valence-corrected chi connectivity index (χ1v) is 2.75. The molecule has 0 bridgehead atoms. The van der Waals surface area contributed by atoms with Crippen molar-refractivity contribution in [1.82, 2.24) is 0 Å². The maximum Gasteiger partial charge on any atom is 0.0420 e. The molecule has 2 aliphatic rings. The SMILES string of the molecule is NC(C1=CC1)=C1C=C1. The minimum atomic E-state index is 0.991. The van der Waals surface area contributed by atoms with Crippen LogP contribution in [0.25, 0.3) is 0 Å². The molecule has 8 heavy (non-hydrogen) atoms. The Morgan fingerprint density at radius 1 is 1.50 bits per heavy atom. The van der Waals surface area contributed by atoms with Gasteiger partial charge in [0.25, 0.3) is 0 Å². The van der Waals surface area contributed by atoms with Gasteiger partial charge in [-0.15, -0.1) is 0 Å². The molecule has 0 radical (unpaired) electrons. The average Bonchev–Trinajstić information content (AvgIpc) is 2.63. The Morgan fingerprint density at radius 2 is 2.12 bits per heavy atom. The van der Waals surface area contributed by atoms with Gasteiger partial charge in [0.1, 0.15) is 0 Å². The number of rotatable bonds is 1. The molecule has 0 unspecified atom stereocenters. The minimum Gasteiger partial charge on any atom is -0.398 e. The van der Waals surface area contributed by atoms with Gasteiger partial charge in [-0.3, -0.25) is 0 Å². The van der Waals surface area contributed by atoms with E-state index in [9.17, 15) is 0 Å². The molecular formula is C7H7N. The largest absolute Gasteiger partial charge is 0.398 e. The number of hydrogen-bond acceptors (Lipinski definition) is 1. The summed E-state index contributed by atoms with van der Waals surface area (Å²) in [5, 5.41) is 0. The van der Waals surface area contributed by atoms with E-state index in [1.54, 1.807) is 0 Å². The normalized spacial score (nSPS) is 20.5. The summed E-state index contributed by atoms with van der Waals surface area (Å²) in [6.07, 6.45) is 7.32.